The van der Waals surface area contributed by atoms with Crippen LogP contribution in [0.3, 0.4) is 0 Å². The molecule has 0 fully saturated rings. The topological polar surface area (TPSA) is 122 Å². The van der Waals surface area contributed by atoms with Crippen LogP contribution in [0.25, 0.3) is 0 Å². The van der Waals surface area contributed by atoms with E-state index in [1.807, 2.05) is 0 Å². The number of hydrogen-bond donors (Lipinski definition) is 3. The van der Waals surface area contributed by atoms with Gasteiger partial charge in [0.25, 0.3) is 0 Å². The van der Waals surface area contributed by atoms with E-state index in [0.29, 0.717) is 6.42 Å². The van der Waals surface area contributed by atoms with Gasteiger partial charge in [0.2, 0.25) is 10.0 Å². The van der Waals surface area contributed by atoms with Crippen LogP contribution in [0.1, 0.15) is 37.6 Å². The fourth-order valence-electron chi connectivity index (χ4n) is 1.44. The molecule has 0 saturated carbocycles. The molecule has 1 aromatic heterocycles. The zero-order valence-corrected chi connectivity index (χ0v) is 14.7. The van der Waals surface area contributed by atoms with Crippen molar-refractivity contribution in [3.63, 3.8) is 0 Å². The maximum Gasteiger partial charge on any atom is 0.407 e. The Bertz CT molecular complexity index is 660. The molecule has 0 radical (unpaired) electrons. The van der Waals surface area contributed by atoms with E-state index in [1.54, 1.807) is 20.8 Å². The third-order valence-corrected chi connectivity index (χ3v) is 5.30. The van der Waals surface area contributed by atoms with Crippen molar-refractivity contribution in [2.24, 2.45) is 0 Å². The van der Waals surface area contributed by atoms with E-state index in [1.165, 1.54) is 5.38 Å². The Morgan fingerprint density at radius 2 is 1.96 bits per heavy atom. The number of carboxylic acids is 1. The molecule has 1 aromatic rings. The maximum atomic E-state index is 11.9. The zero-order chi connectivity index (χ0) is 17.7. The molecule has 1 rings (SSSR count). The van der Waals surface area contributed by atoms with Crippen LogP contribution in [-0.2, 0) is 14.8 Å². The Labute approximate surface area is 138 Å². The van der Waals surface area contributed by atoms with Crippen LogP contribution >= 0.6 is 11.3 Å². The first kappa shape index (κ1) is 19.4. The Hall–Kier alpha value is -1.65. The molecule has 1 amide bonds. The molecule has 0 bridgehead atoms. The minimum atomic E-state index is -3.74. The van der Waals surface area contributed by atoms with Crippen molar-refractivity contribution >= 4 is 33.4 Å². The highest BCUT2D eigenvalue weighted by Crippen LogP contribution is 2.19. The number of carbonyl (C=O) groups excluding carboxylic acids is 1. The number of carbonyl (C=O) groups is 2. The molecule has 0 aliphatic carbocycles. The molecule has 3 N–H and O–H groups in total. The van der Waals surface area contributed by atoms with Crippen molar-refractivity contribution in [2.75, 3.05) is 13.1 Å². The first-order chi connectivity index (χ1) is 10.5. The number of hydrogen-bond acceptors (Lipinski definition) is 6. The van der Waals surface area contributed by atoms with Gasteiger partial charge in [-0.3, -0.25) is 0 Å². The lowest BCUT2D eigenvalue weighted by molar-refractivity contribution is 0.0527. The number of carboxylic acid groups (broad SMARTS) is 1. The fraction of sp³-hybridized carbons (Fsp3) is 0.538. The van der Waals surface area contributed by atoms with E-state index in [2.05, 4.69) is 10.0 Å². The molecule has 0 saturated heterocycles. The average molecular weight is 364 g/mol. The molecule has 23 heavy (non-hydrogen) atoms. The molecule has 0 unspecified atom stereocenters. The highest BCUT2D eigenvalue weighted by Gasteiger charge is 2.18. The van der Waals surface area contributed by atoms with E-state index in [0.717, 1.165) is 17.4 Å². The number of rotatable bonds is 7. The summed E-state index contributed by atoms with van der Waals surface area (Å²) in [5.74, 6) is -1.18. The smallest absolute Gasteiger partial charge is 0.407 e. The Morgan fingerprint density at radius 1 is 1.30 bits per heavy atom. The van der Waals surface area contributed by atoms with Crippen molar-refractivity contribution in [3.8, 4) is 0 Å². The van der Waals surface area contributed by atoms with E-state index >= 15 is 0 Å². The SMILES string of the molecule is CC(C)(C)OC(=O)NCCCNS(=O)(=O)c1cc(C(=O)O)cs1. The minimum absolute atomic E-state index is 0.0602. The average Bonchev–Trinajstić information content (AvgIpc) is 2.86. The quantitative estimate of drug-likeness (QED) is 0.632. The van der Waals surface area contributed by atoms with Crippen LogP contribution in [0, 0.1) is 0 Å². The van der Waals surface area contributed by atoms with E-state index < -0.39 is 27.7 Å². The number of alkyl carbamates (subject to hydrolysis) is 1. The summed E-state index contributed by atoms with van der Waals surface area (Å²) in [6.07, 6.45) is -0.194. The second-order valence-corrected chi connectivity index (χ2v) is 8.54. The molecule has 0 spiro atoms. The molecular weight excluding hydrogens is 344 g/mol. The monoisotopic (exact) mass is 364 g/mol. The number of ether oxygens (including phenoxy) is 1. The van der Waals surface area contributed by atoms with Gasteiger partial charge in [-0.15, -0.1) is 11.3 Å². The predicted octanol–water partition coefficient (Wildman–Crippen LogP) is 1.64. The van der Waals surface area contributed by atoms with Crippen LogP contribution in [-0.4, -0.2) is 44.3 Å². The van der Waals surface area contributed by atoms with Crippen molar-refractivity contribution < 1.29 is 27.9 Å². The van der Waals surface area contributed by atoms with Crippen molar-refractivity contribution in [1.82, 2.24) is 10.0 Å². The van der Waals surface area contributed by atoms with E-state index in [-0.39, 0.29) is 22.9 Å². The van der Waals surface area contributed by atoms with Crippen LogP contribution in [0.4, 0.5) is 4.79 Å². The minimum Gasteiger partial charge on any atom is -0.478 e. The van der Waals surface area contributed by atoms with Crippen molar-refractivity contribution in [3.05, 3.63) is 17.0 Å². The van der Waals surface area contributed by atoms with Crippen LogP contribution in [0.15, 0.2) is 15.7 Å². The first-order valence-electron chi connectivity index (χ1n) is 6.79. The van der Waals surface area contributed by atoms with Gasteiger partial charge in [-0.2, -0.15) is 0 Å². The van der Waals surface area contributed by atoms with Gasteiger partial charge >= 0.3 is 12.1 Å². The highest BCUT2D eigenvalue weighted by atomic mass is 32.2. The summed E-state index contributed by atoms with van der Waals surface area (Å²) in [6, 6.07) is 1.11. The summed E-state index contributed by atoms with van der Waals surface area (Å²) >= 11 is 0.839. The van der Waals surface area contributed by atoms with Crippen LogP contribution < -0.4 is 10.0 Å². The molecule has 0 atom stereocenters. The number of aromatic carboxylic acids is 1. The van der Waals surface area contributed by atoms with Crippen molar-refractivity contribution in [1.29, 1.82) is 0 Å². The Kier molecular flexibility index (Phi) is 6.54. The zero-order valence-electron chi connectivity index (χ0n) is 13.1. The number of sulfonamides is 1. The molecule has 0 aromatic carbocycles. The summed E-state index contributed by atoms with van der Waals surface area (Å²) in [7, 11) is -3.74. The number of thiophene rings is 1. The summed E-state index contributed by atoms with van der Waals surface area (Å²) in [5, 5.41) is 12.6. The lowest BCUT2D eigenvalue weighted by Gasteiger charge is -2.19. The second kappa shape index (κ2) is 7.75. The maximum absolute atomic E-state index is 11.9. The third-order valence-electron chi connectivity index (χ3n) is 2.40. The second-order valence-electron chi connectivity index (χ2n) is 5.64. The van der Waals surface area contributed by atoms with Gasteiger partial charge in [-0.05, 0) is 33.3 Å². The Morgan fingerprint density at radius 3 is 2.48 bits per heavy atom. The first-order valence-corrected chi connectivity index (χ1v) is 9.16. The standard InChI is InChI=1S/C13H20N2O6S2/c1-13(2,3)21-12(18)14-5-4-6-15-23(19,20)10-7-9(8-22-10)11(16)17/h7-8,15H,4-6H2,1-3H3,(H,14,18)(H,16,17). The fourth-order valence-corrected chi connectivity index (χ4v) is 3.71. The number of amides is 1. The van der Waals surface area contributed by atoms with E-state index in [4.69, 9.17) is 9.84 Å². The lowest BCUT2D eigenvalue weighted by Crippen LogP contribution is -2.34. The van der Waals surface area contributed by atoms with Gasteiger partial charge in [0.1, 0.15) is 9.81 Å². The summed E-state index contributed by atoms with van der Waals surface area (Å²) in [5.41, 5.74) is -0.658. The molecule has 130 valence electrons. The van der Waals surface area contributed by atoms with Gasteiger partial charge in [0.05, 0.1) is 5.56 Å². The summed E-state index contributed by atoms with van der Waals surface area (Å²) in [6.45, 7) is 5.59. The van der Waals surface area contributed by atoms with Gasteiger partial charge in [0, 0.05) is 18.5 Å². The number of nitrogens with one attached hydrogen (secondary N) is 2. The van der Waals surface area contributed by atoms with Gasteiger partial charge in [-0.1, -0.05) is 0 Å². The molecule has 1 heterocycles. The Balaban J connectivity index is 2.37. The predicted molar refractivity (Wildman–Crippen MR) is 85.3 cm³/mol. The molecule has 0 aliphatic rings. The van der Waals surface area contributed by atoms with Crippen LogP contribution in [0.2, 0.25) is 0 Å². The van der Waals surface area contributed by atoms with Gasteiger partial charge in [0.15, 0.2) is 0 Å². The van der Waals surface area contributed by atoms with E-state index in [9.17, 15) is 18.0 Å². The summed E-state index contributed by atoms with van der Waals surface area (Å²) in [4.78, 5) is 22.1. The molecule has 8 nitrogen and oxygen atoms in total. The highest BCUT2D eigenvalue weighted by molar-refractivity contribution is 7.91. The largest absolute Gasteiger partial charge is 0.478 e. The van der Waals surface area contributed by atoms with Crippen molar-refractivity contribution in [2.45, 2.75) is 37.0 Å². The van der Waals surface area contributed by atoms with Gasteiger partial charge < -0.3 is 15.2 Å². The molecular formula is C13H20N2O6S2. The lowest BCUT2D eigenvalue weighted by atomic mass is 10.2. The normalized spacial score (nSPS) is 12.0. The van der Waals surface area contributed by atoms with Gasteiger partial charge in [-0.25, -0.2) is 22.7 Å². The van der Waals surface area contributed by atoms with Crippen LogP contribution in [0.5, 0.6) is 0 Å². The molecule has 0 aliphatic heterocycles. The third kappa shape index (κ3) is 6.97. The summed E-state index contributed by atoms with van der Waals surface area (Å²) < 4.78 is 31.2. The molecule has 10 heteroatoms.